The molecule has 2 heterocycles. The zero-order valence-electron chi connectivity index (χ0n) is 15.2. The van der Waals surface area contributed by atoms with Crippen molar-refractivity contribution in [1.82, 2.24) is 9.88 Å². The average molecular weight is 352 g/mol. The van der Waals surface area contributed by atoms with Crippen molar-refractivity contribution in [2.45, 2.75) is 26.2 Å². The number of likely N-dealkylation sites (tertiary alicyclic amines) is 1. The lowest BCUT2D eigenvalue weighted by atomic mass is 9.97. The molecule has 1 aliphatic heterocycles. The Morgan fingerprint density at radius 1 is 1.08 bits per heavy atom. The summed E-state index contributed by atoms with van der Waals surface area (Å²) in [6.45, 7) is 6.26. The number of aromatic nitrogens is 1. The first-order chi connectivity index (χ1) is 12.8. The van der Waals surface area contributed by atoms with E-state index in [1.807, 2.05) is 30.3 Å². The molecule has 3 nitrogen and oxygen atoms in total. The van der Waals surface area contributed by atoms with Crippen molar-refractivity contribution in [3.05, 3.63) is 48.3 Å². The van der Waals surface area contributed by atoms with Crippen molar-refractivity contribution in [2.75, 3.05) is 26.2 Å². The van der Waals surface area contributed by atoms with Crippen LogP contribution in [-0.4, -0.2) is 36.1 Å². The normalized spacial score (nSPS) is 16.4. The Bertz CT molecular complexity index is 903. The van der Waals surface area contributed by atoms with E-state index in [0.717, 1.165) is 42.2 Å². The van der Waals surface area contributed by atoms with Gasteiger partial charge in [0.25, 0.3) is 0 Å². The van der Waals surface area contributed by atoms with Crippen LogP contribution in [0, 0.1) is 11.7 Å². The van der Waals surface area contributed by atoms with Gasteiger partial charge in [-0.1, -0.05) is 37.3 Å². The summed E-state index contributed by atoms with van der Waals surface area (Å²) >= 11 is 0. The van der Waals surface area contributed by atoms with Crippen molar-refractivity contribution >= 4 is 21.7 Å². The molecule has 0 spiro atoms. The maximum absolute atomic E-state index is 14.5. The lowest BCUT2D eigenvalue weighted by Gasteiger charge is -2.31. The summed E-state index contributed by atoms with van der Waals surface area (Å²) in [6.07, 6.45) is 3.47. The highest BCUT2D eigenvalue weighted by Gasteiger charge is 2.20. The minimum Gasteiger partial charge on any atom is -0.477 e. The van der Waals surface area contributed by atoms with Crippen LogP contribution in [0.3, 0.4) is 0 Å². The molecule has 1 saturated heterocycles. The largest absolute Gasteiger partial charge is 0.477 e. The number of rotatable bonds is 5. The summed E-state index contributed by atoms with van der Waals surface area (Å²) in [6, 6.07) is 13.0. The SMILES string of the molecule is CCCN1CCC(COc2nc3ccccc3c3cccc(F)c23)CC1. The van der Waals surface area contributed by atoms with E-state index in [1.54, 1.807) is 6.07 Å². The molecule has 0 radical (unpaired) electrons. The lowest BCUT2D eigenvalue weighted by Crippen LogP contribution is -2.35. The van der Waals surface area contributed by atoms with Gasteiger partial charge >= 0.3 is 0 Å². The Labute approximate surface area is 153 Å². The first-order valence-electron chi connectivity index (χ1n) is 9.58. The van der Waals surface area contributed by atoms with Gasteiger partial charge in [-0.2, -0.15) is 0 Å². The fourth-order valence-corrected chi connectivity index (χ4v) is 3.92. The number of ether oxygens (including phenoxy) is 1. The first-order valence-corrected chi connectivity index (χ1v) is 9.58. The maximum Gasteiger partial charge on any atom is 0.224 e. The molecular formula is C22H25FN2O. The van der Waals surface area contributed by atoms with Gasteiger partial charge in [-0.25, -0.2) is 9.37 Å². The molecule has 136 valence electrons. The zero-order valence-corrected chi connectivity index (χ0v) is 15.2. The van der Waals surface area contributed by atoms with Crippen LogP contribution in [0.5, 0.6) is 5.88 Å². The summed E-state index contributed by atoms with van der Waals surface area (Å²) in [4.78, 5) is 7.13. The van der Waals surface area contributed by atoms with E-state index in [9.17, 15) is 4.39 Å². The Morgan fingerprint density at radius 2 is 1.85 bits per heavy atom. The number of nitrogens with zero attached hydrogens (tertiary/aromatic N) is 2. The summed E-state index contributed by atoms with van der Waals surface area (Å²) in [7, 11) is 0. The maximum atomic E-state index is 14.5. The second kappa shape index (κ2) is 7.58. The predicted octanol–water partition coefficient (Wildman–Crippen LogP) is 5.03. The molecule has 4 rings (SSSR count). The molecule has 0 atom stereocenters. The molecule has 0 unspecified atom stereocenters. The highest BCUT2D eigenvalue weighted by atomic mass is 19.1. The Balaban J connectivity index is 1.58. The lowest BCUT2D eigenvalue weighted by molar-refractivity contribution is 0.140. The highest BCUT2D eigenvalue weighted by Crippen LogP contribution is 2.33. The van der Waals surface area contributed by atoms with Gasteiger partial charge in [-0.3, -0.25) is 0 Å². The van der Waals surface area contributed by atoms with Crippen LogP contribution in [0.1, 0.15) is 26.2 Å². The number of hydrogen-bond donors (Lipinski definition) is 0. The van der Waals surface area contributed by atoms with Gasteiger partial charge in [0.2, 0.25) is 5.88 Å². The molecule has 0 saturated carbocycles. The van der Waals surface area contributed by atoms with E-state index >= 15 is 0 Å². The van der Waals surface area contributed by atoms with Crippen molar-refractivity contribution in [1.29, 1.82) is 0 Å². The van der Waals surface area contributed by atoms with Gasteiger partial charge in [0.15, 0.2) is 0 Å². The van der Waals surface area contributed by atoms with Crippen molar-refractivity contribution in [2.24, 2.45) is 5.92 Å². The number of benzene rings is 2. The molecule has 1 fully saturated rings. The number of pyridine rings is 1. The Morgan fingerprint density at radius 3 is 2.65 bits per heavy atom. The quantitative estimate of drug-likeness (QED) is 0.602. The number of halogens is 1. The van der Waals surface area contributed by atoms with Crippen LogP contribution in [0.2, 0.25) is 0 Å². The predicted molar refractivity (Wildman–Crippen MR) is 104 cm³/mol. The molecule has 1 aromatic heterocycles. The molecule has 0 amide bonds. The number of para-hydroxylation sites is 1. The monoisotopic (exact) mass is 352 g/mol. The van der Waals surface area contributed by atoms with Gasteiger partial charge in [0, 0.05) is 5.39 Å². The van der Waals surface area contributed by atoms with E-state index in [0.29, 0.717) is 23.8 Å². The molecule has 3 aromatic rings. The van der Waals surface area contributed by atoms with Gasteiger partial charge in [-0.05, 0) is 62.3 Å². The molecule has 0 aliphatic carbocycles. The van der Waals surface area contributed by atoms with E-state index < -0.39 is 0 Å². The number of piperidine rings is 1. The summed E-state index contributed by atoms with van der Waals surface area (Å²) in [5.74, 6) is 0.666. The minimum absolute atomic E-state index is 0.270. The summed E-state index contributed by atoms with van der Waals surface area (Å²) in [5, 5.41) is 2.32. The van der Waals surface area contributed by atoms with E-state index in [2.05, 4.69) is 16.8 Å². The van der Waals surface area contributed by atoms with E-state index in [1.165, 1.54) is 19.0 Å². The summed E-state index contributed by atoms with van der Waals surface area (Å²) < 4.78 is 20.6. The number of fused-ring (bicyclic) bond motifs is 3. The fraction of sp³-hybridized carbons (Fsp3) is 0.409. The van der Waals surface area contributed by atoms with Gasteiger partial charge in [0.05, 0.1) is 17.5 Å². The third-order valence-corrected chi connectivity index (χ3v) is 5.35. The smallest absolute Gasteiger partial charge is 0.224 e. The van der Waals surface area contributed by atoms with E-state index in [4.69, 9.17) is 4.74 Å². The van der Waals surface area contributed by atoms with Crippen LogP contribution in [-0.2, 0) is 0 Å². The minimum atomic E-state index is -0.270. The topological polar surface area (TPSA) is 25.4 Å². The molecule has 0 N–H and O–H groups in total. The summed E-state index contributed by atoms with van der Waals surface area (Å²) in [5.41, 5.74) is 0.846. The Hall–Kier alpha value is -2.20. The second-order valence-electron chi connectivity index (χ2n) is 7.19. The molecule has 2 aromatic carbocycles. The molecule has 4 heteroatoms. The van der Waals surface area contributed by atoms with Crippen molar-refractivity contribution < 1.29 is 9.13 Å². The zero-order chi connectivity index (χ0) is 17.9. The van der Waals surface area contributed by atoms with Crippen LogP contribution < -0.4 is 4.74 Å². The molecule has 1 aliphatic rings. The molecular weight excluding hydrogens is 327 g/mol. The van der Waals surface area contributed by atoms with Crippen LogP contribution >= 0.6 is 0 Å². The fourth-order valence-electron chi connectivity index (χ4n) is 3.92. The number of hydrogen-bond acceptors (Lipinski definition) is 3. The van der Waals surface area contributed by atoms with Crippen LogP contribution in [0.4, 0.5) is 4.39 Å². The van der Waals surface area contributed by atoms with Gasteiger partial charge in [-0.15, -0.1) is 0 Å². The van der Waals surface area contributed by atoms with Gasteiger partial charge in [0.1, 0.15) is 5.82 Å². The third-order valence-electron chi connectivity index (χ3n) is 5.35. The van der Waals surface area contributed by atoms with Gasteiger partial charge < -0.3 is 9.64 Å². The van der Waals surface area contributed by atoms with Crippen LogP contribution in [0.25, 0.3) is 21.7 Å². The average Bonchev–Trinajstić information content (AvgIpc) is 2.67. The second-order valence-corrected chi connectivity index (χ2v) is 7.19. The first kappa shape index (κ1) is 17.2. The van der Waals surface area contributed by atoms with Crippen LogP contribution in [0.15, 0.2) is 42.5 Å². The highest BCUT2D eigenvalue weighted by molar-refractivity contribution is 6.07. The van der Waals surface area contributed by atoms with E-state index in [-0.39, 0.29) is 5.82 Å². The molecule has 26 heavy (non-hydrogen) atoms. The Kier molecular flexibility index (Phi) is 5.02. The third kappa shape index (κ3) is 3.38. The molecule has 0 bridgehead atoms. The standard InChI is InChI=1S/C22H25FN2O/c1-2-12-25-13-10-16(11-14-25)15-26-22-21-18(7-5-8-19(21)23)17-6-3-4-9-20(17)24-22/h3-9,16H,2,10-15H2,1H3. The van der Waals surface area contributed by atoms with Crippen molar-refractivity contribution in [3.8, 4) is 5.88 Å². The van der Waals surface area contributed by atoms with Crippen molar-refractivity contribution in [3.63, 3.8) is 0 Å².